The maximum atomic E-state index is 9.67. The van der Waals surface area contributed by atoms with Crippen LogP contribution >= 0.6 is 0 Å². The van der Waals surface area contributed by atoms with Gasteiger partial charge < -0.3 is 25.8 Å². The molecule has 1 aromatic carbocycles. The standard InChI is InChI=1S/C12H16N4O2/c1-16(12-14-7-10(13)15-12)6-5-8-3-2-4-9(17)11(8)18/h2-4,7,17-18H,5-6,13H2,1H3,(H,14,15). The van der Waals surface area contributed by atoms with Crippen LogP contribution < -0.4 is 10.6 Å². The number of phenols is 2. The molecule has 0 amide bonds. The van der Waals surface area contributed by atoms with Gasteiger partial charge in [0.05, 0.1) is 6.20 Å². The molecule has 0 fully saturated rings. The number of H-pyrrole nitrogens is 1. The zero-order chi connectivity index (χ0) is 13.1. The van der Waals surface area contributed by atoms with Crippen LogP contribution in [0.25, 0.3) is 0 Å². The molecule has 6 nitrogen and oxygen atoms in total. The second kappa shape index (κ2) is 4.87. The van der Waals surface area contributed by atoms with E-state index in [-0.39, 0.29) is 11.5 Å². The zero-order valence-corrected chi connectivity index (χ0v) is 10.1. The smallest absolute Gasteiger partial charge is 0.204 e. The molecule has 18 heavy (non-hydrogen) atoms. The molecular formula is C12H16N4O2. The Labute approximate surface area is 105 Å². The molecule has 0 spiro atoms. The summed E-state index contributed by atoms with van der Waals surface area (Å²) in [6, 6.07) is 4.93. The van der Waals surface area contributed by atoms with Gasteiger partial charge in [-0.25, -0.2) is 4.98 Å². The van der Waals surface area contributed by atoms with E-state index in [0.29, 0.717) is 30.3 Å². The van der Waals surface area contributed by atoms with Gasteiger partial charge in [0.15, 0.2) is 11.5 Å². The van der Waals surface area contributed by atoms with Crippen LogP contribution in [0.2, 0.25) is 0 Å². The first-order chi connectivity index (χ1) is 8.58. The number of nitrogens with two attached hydrogens (primary N) is 1. The molecule has 0 aliphatic carbocycles. The number of para-hydroxylation sites is 1. The second-order valence-corrected chi connectivity index (χ2v) is 4.12. The number of anilines is 2. The molecule has 0 saturated heterocycles. The van der Waals surface area contributed by atoms with Crippen molar-refractivity contribution < 1.29 is 10.2 Å². The Hall–Kier alpha value is -2.37. The van der Waals surface area contributed by atoms with Crippen LogP contribution in [0.5, 0.6) is 11.5 Å². The summed E-state index contributed by atoms with van der Waals surface area (Å²) in [4.78, 5) is 8.91. The highest BCUT2D eigenvalue weighted by atomic mass is 16.3. The summed E-state index contributed by atoms with van der Waals surface area (Å²) in [5, 5.41) is 19.1. The highest BCUT2D eigenvalue weighted by Gasteiger charge is 2.09. The van der Waals surface area contributed by atoms with Gasteiger partial charge >= 0.3 is 0 Å². The van der Waals surface area contributed by atoms with Crippen molar-refractivity contribution in [1.29, 1.82) is 0 Å². The van der Waals surface area contributed by atoms with Crippen molar-refractivity contribution in [3.63, 3.8) is 0 Å². The number of nitrogens with one attached hydrogen (secondary N) is 1. The first-order valence-electron chi connectivity index (χ1n) is 5.59. The third-order valence-electron chi connectivity index (χ3n) is 2.76. The summed E-state index contributed by atoms with van der Waals surface area (Å²) in [5.41, 5.74) is 6.25. The molecule has 96 valence electrons. The van der Waals surface area contributed by atoms with Gasteiger partial charge in [-0.05, 0) is 18.1 Å². The van der Waals surface area contributed by atoms with Crippen molar-refractivity contribution in [2.45, 2.75) is 6.42 Å². The van der Waals surface area contributed by atoms with Gasteiger partial charge in [0.25, 0.3) is 0 Å². The van der Waals surface area contributed by atoms with Gasteiger partial charge in [-0.1, -0.05) is 12.1 Å². The fourth-order valence-electron chi connectivity index (χ4n) is 1.69. The van der Waals surface area contributed by atoms with Crippen LogP contribution in [0.4, 0.5) is 11.8 Å². The summed E-state index contributed by atoms with van der Waals surface area (Å²) >= 11 is 0. The number of phenolic OH excluding ortho intramolecular Hbond substituents is 2. The maximum Gasteiger partial charge on any atom is 0.204 e. The van der Waals surface area contributed by atoms with Gasteiger partial charge in [-0.3, -0.25) is 0 Å². The van der Waals surface area contributed by atoms with E-state index in [4.69, 9.17) is 5.73 Å². The van der Waals surface area contributed by atoms with Gasteiger partial charge in [-0.15, -0.1) is 0 Å². The molecule has 0 aliphatic heterocycles. The number of hydrogen-bond donors (Lipinski definition) is 4. The van der Waals surface area contributed by atoms with Crippen LogP contribution in [0.1, 0.15) is 5.56 Å². The molecule has 1 heterocycles. The molecular weight excluding hydrogens is 232 g/mol. The van der Waals surface area contributed by atoms with E-state index in [1.807, 2.05) is 11.9 Å². The van der Waals surface area contributed by atoms with Gasteiger partial charge in [0.1, 0.15) is 5.82 Å². The van der Waals surface area contributed by atoms with E-state index in [2.05, 4.69) is 9.97 Å². The lowest BCUT2D eigenvalue weighted by molar-refractivity contribution is 0.399. The number of rotatable bonds is 4. The number of benzene rings is 1. The number of likely N-dealkylation sites (N-methyl/N-ethyl adjacent to an activating group) is 1. The number of aromatic nitrogens is 2. The average molecular weight is 248 g/mol. The molecule has 0 aliphatic rings. The second-order valence-electron chi connectivity index (χ2n) is 4.12. The van der Waals surface area contributed by atoms with Crippen molar-refractivity contribution in [1.82, 2.24) is 9.97 Å². The Morgan fingerprint density at radius 1 is 1.39 bits per heavy atom. The molecule has 2 aromatic rings. The molecule has 5 N–H and O–H groups in total. The maximum absolute atomic E-state index is 9.67. The lowest BCUT2D eigenvalue weighted by Crippen LogP contribution is -2.21. The number of nitrogen functional groups attached to an aromatic ring is 1. The van der Waals surface area contributed by atoms with Gasteiger partial charge in [-0.2, -0.15) is 0 Å². The molecule has 0 radical (unpaired) electrons. The zero-order valence-electron chi connectivity index (χ0n) is 10.1. The molecule has 1 aromatic heterocycles. The summed E-state index contributed by atoms with van der Waals surface area (Å²) in [6.45, 7) is 0.643. The fourth-order valence-corrected chi connectivity index (χ4v) is 1.69. The third-order valence-corrected chi connectivity index (χ3v) is 2.76. The van der Waals surface area contributed by atoms with Crippen molar-refractivity contribution >= 4 is 11.8 Å². The van der Waals surface area contributed by atoms with E-state index in [0.717, 1.165) is 0 Å². The Kier molecular flexibility index (Phi) is 3.27. The minimum atomic E-state index is -0.0996. The van der Waals surface area contributed by atoms with Crippen LogP contribution in [-0.4, -0.2) is 33.8 Å². The van der Waals surface area contributed by atoms with Crippen LogP contribution in [0.15, 0.2) is 24.4 Å². The monoisotopic (exact) mass is 248 g/mol. The Morgan fingerprint density at radius 2 is 2.17 bits per heavy atom. The Morgan fingerprint density at radius 3 is 2.83 bits per heavy atom. The first-order valence-corrected chi connectivity index (χ1v) is 5.59. The van der Waals surface area contributed by atoms with Gasteiger partial charge in [0, 0.05) is 13.6 Å². The van der Waals surface area contributed by atoms with E-state index in [9.17, 15) is 10.2 Å². The van der Waals surface area contributed by atoms with Crippen LogP contribution in [-0.2, 0) is 6.42 Å². The number of nitrogens with zero attached hydrogens (tertiary/aromatic N) is 2. The molecule has 0 bridgehead atoms. The lowest BCUT2D eigenvalue weighted by Gasteiger charge is -2.16. The lowest BCUT2D eigenvalue weighted by atomic mass is 10.1. The largest absolute Gasteiger partial charge is 0.504 e. The SMILES string of the molecule is CN(CCc1cccc(O)c1O)c1ncc(N)[nH]1. The minimum absolute atomic E-state index is 0.0649. The number of hydrogen-bond acceptors (Lipinski definition) is 5. The van der Waals surface area contributed by atoms with E-state index in [1.54, 1.807) is 18.3 Å². The predicted octanol–water partition coefficient (Wildman–Crippen LogP) is 1.08. The van der Waals surface area contributed by atoms with E-state index < -0.39 is 0 Å². The summed E-state index contributed by atoms with van der Waals surface area (Å²) < 4.78 is 0. The van der Waals surface area contributed by atoms with Crippen molar-refractivity contribution in [3.8, 4) is 11.5 Å². The van der Waals surface area contributed by atoms with Crippen molar-refractivity contribution in [2.75, 3.05) is 24.2 Å². The van der Waals surface area contributed by atoms with Gasteiger partial charge in [0.2, 0.25) is 5.95 Å². The van der Waals surface area contributed by atoms with E-state index >= 15 is 0 Å². The van der Waals surface area contributed by atoms with Crippen LogP contribution in [0.3, 0.4) is 0 Å². The number of imidazole rings is 1. The molecule has 6 heteroatoms. The molecule has 2 rings (SSSR count). The normalized spacial score (nSPS) is 10.5. The number of aromatic amines is 1. The van der Waals surface area contributed by atoms with Crippen molar-refractivity contribution in [2.24, 2.45) is 0 Å². The first kappa shape index (κ1) is 12.1. The molecule has 0 saturated carbocycles. The number of aromatic hydroxyl groups is 2. The van der Waals surface area contributed by atoms with Crippen molar-refractivity contribution in [3.05, 3.63) is 30.0 Å². The summed E-state index contributed by atoms with van der Waals surface area (Å²) in [6.07, 6.45) is 2.15. The Balaban J connectivity index is 2.01. The summed E-state index contributed by atoms with van der Waals surface area (Å²) in [5.74, 6) is 1.02. The summed E-state index contributed by atoms with van der Waals surface area (Å²) in [7, 11) is 1.87. The predicted molar refractivity (Wildman–Crippen MR) is 69.7 cm³/mol. The molecule has 0 atom stereocenters. The highest BCUT2D eigenvalue weighted by Crippen LogP contribution is 2.28. The topological polar surface area (TPSA) is 98.4 Å². The van der Waals surface area contributed by atoms with E-state index in [1.165, 1.54) is 6.07 Å². The minimum Gasteiger partial charge on any atom is -0.504 e. The average Bonchev–Trinajstić information content (AvgIpc) is 2.77. The quantitative estimate of drug-likeness (QED) is 0.607. The fraction of sp³-hybridized carbons (Fsp3) is 0.250. The Bertz CT molecular complexity index is 539. The van der Waals surface area contributed by atoms with Crippen LogP contribution in [0, 0.1) is 0 Å². The highest BCUT2D eigenvalue weighted by molar-refractivity contribution is 5.45. The molecule has 0 unspecified atom stereocenters. The third kappa shape index (κ3) is 2.48.